The highest BCUT2D eigenvalue weighted by molar-refractivity contribution is 6.31. The van der Waals surface area contributed by atoms with Crippen LogP contribution in [0.1, 0.15) is 35.6 Å². The predicted octanol–water partition coefficient (Wildman–Crippen LogP) is 6.22. The molecular formula is C33H39Cl2N5O. The standard InChI is InChI=1S/C33H39Cl2N5O/c34-28-5-1-4-27(22-28)33(41)26-8-6-25(7-9-26)24-36-13-2-16-39-18-20-40(21-19-39)17-3-14-37-31-12-15-38-32-23-29(35)10-11-30(31)32/h1,4-12,15,22-23,33,36,41H,2-3,13-14,16-21,24H2,(H,37,38). The molecule has 3 N–H and O–H groups in total. The Hall–Kier alpha value is -2.71. The van der Waals surface area contributed by atoms with Crippen LogP contribution < -0.4 is 10.6 Å². The molecule has 1 aliphatic heterocycles. The Labute approximate surface area is 253 Å². The number of nitrogens with one attached hydrogen (secondary N) is 2. The van der Waals surface area contributed by atoms with Crippen LogP contribution in [-0.2, 0) is 6.54 Å². The van der Waals surface area contributed by atoms with Crippen molar-refractivity contribution in [1.29, 1.82) is 0 Å². The van der Waals surface area contributed by atoms with Crippen LogP contribution in [-0.4, -0.2) is 72.2 Å². The summed E-state index contributed by atoms with van der Waals surface area (Å²) in [4.78, 5) is 9.58. The molecule has 5 rings (SSSR count). The van der Waals surface area contributed by atoms with E-state index in [0.717, 1.165) is 99.5 Å². The number of hydrogen-bond acceptors (Lipinski definition) is 6. The van der Waals surface area contributed by atoms with Crippen molar-refractivity contribution in [2.45, 2.75) is 25.5 Å². The molecule has 0 saturated carbocycles. The maximum atomic E-state index is 10.6. The van der Waals surface area contributed by atoms with Crippen LogP contribution in [0.5, 0.6) is 0 Å². The number of hydrogen-bond donors (Lipinski definition) is 3. The lowest BCUT2D eigenvalue weighted by Gasteiger charge is -2.34. The Bertz CT molecular complexity index is 1390. The summed E-state index contributed by atoms with van der Waals surface area (Å²) in [6.07, 6.45) is 3.42. The van der Waals surface area contributed by atoms with Crippen molar-refractivity contribution in [3.05, 3.63) is 106 Å². The van der Waals surface area contributed by atoms with Crippen molar-refractivity contribution in [2.24, 2.45) is 0 Å². The van der Waals surface area contributed by atoms with Gasteiger partial charge in [-0.3, -0.25) is 4.98 Å². The van der Waals surface area contributed by atoms with E-state index in [4.69, 9.17) is 23.2 Å². The normalized spacial score (nSPS) is 15.3. The Morgan fingerprint density at radius 3 is 2.22 bits per heavy atom. The molecule has 0 spiro atoms. The molecule has 8 heteroatoms. The van der Waals surface area contributed by atoms with Gasteiger partial charge in [0.1, 0.15) is 6.10 Å². The maximum Gasteiger partial charge on any atom is 0.104 e. The van der Waals surface area contributed by atoms with Gasteiger partial charge in [-0.15, -0.1) is 0 Å². The Balaban J connectivity index is 0.928. The number of aliphatic hydroxyl groups is 1. The number of rotatable bonds is 13. The number of fused-ring (bicyclic) bond motifs is 1. The fourth-order valence-corrected chi connectivity index (χ4v) is 5.75. The Kier molecular flexibility index (Phi) is 10.9. The van der Waals surface area contributed by atoms with E-state index in [1.54, 1.807) is 0 Å². The summed E-state index contributed by atoms with van der Waals surface area (Å²) in [5.74, 6) is 0. The number of piperazine rings is 1. The van der Waals surface area contributed by atoms with Gasteiger partial charge in [0, 0.05) is 66.6 Å². The SMILES string of the molecule is OC(c1ccc(CNCCCN2CCN(CCCNc3ccnc4cc(Cl)ccc34)CC2)cc1)c1cccc(Cl)c1. The summed E-state index contributed by atoms with van der Waals surface area (Å²) in [6, 6.07) is 23.4. The van der Waals surface area contributed by atoms with Gasteiger partial charge in [-0.2, -0.15) is 0 Å². The number of anilines is 1. The first kappa shape index (κ1) is 29.8. The average Bonchev–Trinajstić information content (AvgIpc) is 2.99. The lowest BCUT2D eigenvalue weighted by molar-refractivity contribution is 0.131. The van der Waals surface area contributed by atoms with Gasteiger partial charge in [0.25, 0.3) is 0 Å². The van der Waals surface area contributed by atoms with Gasteiger partial charge in [-0.1, -0.05) is 59.6 Å². The molecule has 1 atom stereocenters. The van der Waals surface area contributed by atoms with Crippen LogP contribution in [0.3, 0.4) is 0 Å². The molecule has 1 aromatic heterocycles. The predicted molar refractivity (Wildman–Crippen MR) is 171 cm³/mol. The zero-order chi connectivity index (χ0) is 28.4. The maximum absolute atomic E-state index is 10.6. The van der Waals surface area contributed by atoms with E-state index >= 15 is 0 Å². The molecule has 3 aromatic carbocycles. The van der Waals surface area contributed by atoms with E-state index in [1.165, 1.54) is 5.56 Å². The summed E-state index contributed by atoms with van der Waals surface area (Å²) < 4.78 is 0. The minimum Gasteiger partial charge on any atom is -0.384 e. The fourth-order valence-electron chi connectivity index (χ4n) is 5.38. The van der Waals surface area contributed by atoms with Crippen molar-refractivity contribution in [2.75, 3.05) is 57.7 Å². The topological polar surface area (TPSA) is 63.7 Å². The molecule has 6 nitrogen and oxygen atoms in total. The summed E-state index contributed by atoms with van der Waals surface area (Å²) in [7, 11) is 0. The monoisotopic (exact) mass is 591 g/mol. The van der Waals surface area contributed by atoms with Crippen LogP contribution in [0.4, 0.5) is 5.69 Å². The summed E-state index contributed by atoms with van der Waals surface area (Å²) in [5, 5.41) is 20.2. The molecule has 1 fully saturated rings. The van der Waals surface area contributed by atoms with Gasteiger partial charge in [0.2, 0.25) is 0 Å². The van der Waals surface area contributed by atoms with Crippen LogP contribution >= 0.6 is 23.2 Å². The van der Waals surface area contributed by atoms with E-state index < -0.39 is 6.10 Å². The highest BCUT2D eigenvalue weighted by atomic mass is 35.5. The lowest BCUT2D eigenvalue weighted by Crippen LogP contribution is -2.47. The number of nitrogens with zero attached hydrogens (tertiary/aromatic N) is 3. The molecule has 2 heterocycles. The van der Waals surface area contributed by atoms with Gasteiger partial charge in [0.15, 0.2) is 0 Å². The van der Waals surface area contributed by atoms with E-state index in [-0.39, 0.29) is 0 Å². The highest BCUT2D eigenvalue weighted by Gasteiger charge is 2.16. The third-order valence-electron chi connectivity index (χ3n) is 7.75. The third-order valence-corrected chi connectivity index (χ3v) is 8.22. The smallest absolute Gasteiger partial charge is 0.104 e. The van der Waals surface area contributed by atoms with Crippen LogP contribution in [0.2, 0.25) is 10.0 Å². The first-order valence-electron chi connectivity index (χ1n) is 14.5. The van der Waals surface area contributed by atoms with Crippen LogP contribution in [0, 0.1) is 0 Å². The van der Waals surface area contributed by atoms with Crippen molar-refractivity contribution < 1.29 is 5.11 Å². The third kappa shape index (κ3) is 8.65. The van der Waals surface area contributed by atoms with E-state index in [0.29, 0.717) is 10.0 Å². The first-order valence-corrected chi connectivity index (χ1v) is 15.3. The van der Waals surface area contributed by atoms with Crippen molar-refractivity contribution in [3.8, 4) is 0 Å². The second-order valence-electron chi connectivity index (χ2n) is 10.7. The molecule has 216 valence electrons. The molecule has 0 aliphatic carbocycles. The van der Waals surface area contributed by atoms with E-state index in [9.17, 15) is 5.11 Å². The second-order valence-corrected chi connectivity index (χ2v) is 11.6. The zero-order valence-electron chi connectivity index (χ0n) is 23.4. The molecule has 4 aromatic rings. The minimum absolute atomic E-state index is 0.635. The molecule has 41 heavy (non-hydrogen) atoms. The quantitative estimate of drug-likeness (QED) is 0.160. The molecule has 0 radical (unpaired) electrons. The largest absolute Gasteiger partial charge is 0.384 e. The molecule has 1 unspecified atom stereocenters. The fraction of sp³-hybridized carbons (Fsp3) is 0.364. The number of benzene rings is 3. The zero-order valence-corrected chi connectivity index (χ0v) is 24.9. The first-order chi connectivity index (χ1) is 20.0. The van der Waals surface area contributed by atoms with Gasteiger partial charge < -0.3 is 25.5 Å². The van der Waals surface area contributed by atoms with Gasteiger partial charge in [-0.05, 0) is 85.6 Å². The molecule has 1 aliphatic rings. The Morgan fingerprint density at radius 2 is 1.49 bits per heavy atom. The minimum atomic E-state index is -0.666. The number of aliphatic hydroxyl groups excluding tert-OH is 1. The molecule has 0 bridgehead atoms. The van der Waals surface area contributed by atoms with Gasteiger partial charge >= 0.3 is 0 Å². The second kappa shape index (κ2) is 15.0. The highest BCUT2D eigenvalue weighted by Crippen LogP contribution is 2.25. The molecule has 0 amide bonds. The van der Waals surface area contributed by atoms with Crippen LogP contribution in [0.15, 0.2) is 79.0 Å². The van der Waals surface area contributed by atoms with Crippen molar-refractivity contribution in [3.63, 3.8) is 0 Å². The average molecular weight is 593 g/mol. The number of pyridine rings is 1. The summed E-state index contributed by atoms with van der Waals surface area (Å²) in [6.45, 7) is 9.57. The number of aromatic nitrogens is 1. The Morgan fingerprint density at radius 1 is 0.780 bits per heavy atom. The van der Waals surface area contributed by atoms with Crippen molar-refractivity contribution in [1.82, 2.24) is 20.1 Å². The van der Waals surface area contributed by atoms with Gasteiger partial charge in [0.05, 0.1) is 5.52 Å². The molecular weight excluding hydrogens is 553 g/mol. The summed E-state index contributed by atoms with van der Waals surface area (Å²) >= 11 is 12.2. The van der Waals surface area contributed by atoms with Gasteiger partial charge in [-0.25, -0.2) is 0 Å². The van der Waals surface area contributed by atoms with E-state index in [2.05, 4.69) is 37.6 Å². The molecule has 1 saturated heterocycles. The van der Waals surface area contributed by atoms with E-state index in [1.807, 2.05) is 66.9 Å². The lowest BCUT2D eigenvalue weighted by atomic mass is 10.0. The summed E-state index contributed by atoms with van der Waals surface area (Å²) in [5.41, 5.74) is 4.95. The number of halogens is 2. The van der Waals surface area contributed by atoms with Crippen LogP contribution in [0.25, 0.3) is 10.9 Å². The van der Waals surface area contributed by atoms with Crippen molar-refractivity contribution >= 4 is 39.8 Å².